The van der Waals surface area contributed by atoms with E-state index < -0.39 is 0 Å². The molecule has 0 saturated carbocycles. The van der Waals surface area contributed by atoms with Gasteiger partial charge in [0, 0.05) is 41.7 Å². The molecule has 36 heavy (non-hydrogen) atoms. The SMILES string of the molecule is COCCCN(CC(=O)N(Cc1ccc2c(c1)OCO2)Cc1sccc1C)C(=O)c1cccc(Br)c1. The summed E-state index contributed by atoms with van der Waals surface area (Å²) in [6.45, 7) is 4.00. The lowest BCUT2D eigenvalue weighted by molar-refractivity contribution is -0.133. The highest BCUT2D eigenvalue weighted by Gasteiger charge is 2.24. The third-order valence-electron chi connectivity index (χ3n) is 5.93. The number of amides is 2. The molecule has 1 aliphatic heterocycles. The van der Waals surface area contributed by atoms with Crippen LogP contribution in [0, 0.1) is 6.92 Å². The molecule has 2 amide bonds. The van der Waals surface area contributed by atoms with Crippen molar-refractivity contribution in [1.82, 2.24) is 9.80 Å². The number of carbonyl (C=O) groups is 2. The van der Waals surface area contributed by atoms with Gasteiger partial charge in [0.15, 0.2) is 11.5 Å². The first-order valence-corrected chi connectivity index (χ1v) is 13.3. The summed E-state index contributed by atoms with van der Waals surface area (Å²) in [5.74, 6) is 1.07. The molecule has 1 aromatic heterocycles. The van der Waals surface area contributed by atoms with Gasteiger partial charge in [0.1, 0.15) is 6.54 Å². The lowest BCUT2D eigenvalue weighted by Crippen LogP contribution is -2.43. The molecule has 0 saturated heterocycles. The van der Waals surface area contributed by atoms with Gasteiger partial charge in [0.25, 0.3) is 5.91 Å². The van der Waals surface area contributed by atoms with E-state index >= 15 is 0 Å². The zero-order valence-corrected chi connectivity index (χ0v) is 22.8. The van der Waals surface area contributed by atoms with E-state index in [9.17, 15) is 9.59 Å². The fraction of sp³-hybridized carbons (Fsp3) is 0.333. The minimum atomic E-state index is -0.184. The molecule has 0 unspecified atom stereocenters. The fourth-order valence-electron chi connectivity index (χ4n) is 3.95. The number of thiophene rings is 1. The summed E-state index contributed by atoms with van der Waals surface area (Å²) in [5, 5.41) is 2.03. The van der Waals surface area contributed by atoms with Crippen molar-refractivity contribution < 1.29 is 23.8 Å². The topological polar surface area (TPSA) is 68.3 Å². The number of ether oxygens (including phenoxy) is 3. The number of halogens is 1. The highest BCUT2D eigenvalue weighted by atomic mass is 79.9. The summed E-state index contributed by atoms with van der Waals surface area (Å²) in [4.78, 5) is 31.6. The molecular weight excluding hydrogens is 544 g/mol. The van der Waals surface area contributed by atoms with Crippen LogP contribution < -0.4 is 9.47 Å². The number of benzene rings is 2. The number of fused-ring (bicyclic) bond motifs is 1. The molecule has 0 aliphatic carbocycles. The van der Waals surface area contributed by atoms with Crippen molar-refractivity contribution in [3.8, 4) is 11.5 Å². The second-order valence-corrected chi connectivity index (χ2v) is 10.5. The van der Waals surface area contributed by atoms with Crippen LogP contribution in [0.25, 0.3) is 0 Å². The van der Waals surface area contributed by atoms with E-state index in [4.69, 9.17) is 14.2 Å². The molecule has 2 aromatic carbocycles. The van der Waals surface area contributed by atoms with E-state index in [-0.39, 0.29) is 25.2 Å². The number of hydrogen-bond acceptors (Lipinski definition) is 6. The van der Waals surface area contributed by atoms with Crippen LogP contribution in [0.5, 0.6) is 11.5 Å². The summed E-state index contributed by atoms with van der Waals surface area (Å²) in [6.07, 6.45) is 0.635. The molecule has 0 spiro atoms. The Bertz CT molecular complexity index is 1210. The van der Waals surface area contributed by atoms with Crippen LogP contribution in [0.4, 0.5) is 0 Å². The summed E-state index contributed by atoms with van der Waals surface area (Å²) in [5.41, 5.74) is 2.61. The molecule has 0 radical (unpaired) electrons. The van der Waals surface area contributed by atoms with Gasteiger partial charge in [-0.2, -0.15) is 0 Å². The minimum Gasteiger partial charge on any atom is -0.454 e. The van der Waals surface area contributed by atoms with Gasteiger partial charge in [-0.25, -0.2) is 0 Å². The first kappa shape index (κ1) is 26.2. The lowest BCUT2D eigenvalue weighted by atomic mass is 10.1. The second kappa shape index (κ2) is 12.4. The molecule has 0 N–H and O–H groups in total. The van der Waals surface area contributed by atoms with E-state index in [0.717, 1.165) is 20.5 Å². The summed E-state index contributed by atoms with van der Waals surface area (Å²) in [7, 11) is 1.63. The molecule has 2 heterocycles. The second-order valence-electron chi connectivity index (χ2n) is 8.55. The van der Waals surface area contributed by atoms with Crippen LogP contribution >= 0.6 is 27.3 Å². The van der Waals surface area contributed by atoms with Crippen molar-refractivity contribution in [2.45, 2.75) is 26.4 Å². The van der Waals surface area contributed by atoms with Gasteiger partial charge in [-0.15, -0.1) is 11.3 Å². The van der Waals surface area contributed by atoms with Crippen LogP contribution in [-0.4, -0.2) is 55.2 Å². The van der Waals surface area contributed by atoms with E-state index in [1.807, 2.05) is 42.6 Å². The van der Waals surface area contributed by atoms with Gasteiger partial charge >= 0.3 is 0 Å². The fourth-order valence-corrected chi connectivity index (χ4v) is 5.27. The first-order chi connectivity index (χ1) is 17.4. The van der Waals surface area contributed by atoms with E-state index in [1.54, 1.807) is 40.4 Å². The maximum absolute atomic E-state index is 13.7. The van der Waals surface area contributed by atoms with Crippen LogP contribution in [-0.2, 0) is 22.6 Å². The average molecular weight is 574 g/mol. The van der Waals surface area contributed by atoms with Gasteiger partial charge < -0.3 is 24.0 Å². The van der Waals surface area contributed by atoms with Gasteiger partial charge in [-0.05, 0) is 66.2 Å². The number of methoxy groups -OCH3 is 1. The Kier molecular flexibility index (Phi) is 9.01. The molecule has 0 atom stereocenters. The quantitative estimate of drug-likeness (QED) is 0.293. The van der Waals surface area contributed by atoms with Crippen molar-refractivity contribution in [3.63, 3.8) is 0 Å². The zero-order chi connectivity index (χ0) is 25.5. The molecule has 7 nitrogen and oxygen atoms in total. The maximum atomic E-state index is 13.7. The van der Waals surface area contributed by atoms with Gasteiger partial charge in [0.05, 0.1) is 6.54 Å². The normalized spacial score (nSPS) is 12.0. The van der Waals surface area contributed by atoms with E-state index in [2.05, 4.69) is 22.0 Å². The smallest absolute Gasteiger partial charge is 0.254 e. The monoisotopic (exact) mass is 572 g/mol. The van der Waals surface area contributed by atoms with Gasteiger partial charge in [0.2, 0.25) is 12.7 Å². The van der Waals surface area contributed by atoms with E-state index in [0.29, 0.717) is 49.7 Å². The Labute approximate surface area is 223 Å². The van der Waals surface area contributed by atoms with Crippen LogP contribution in [0.3, 0.4) is 0 Å². The number of aryl methyl sites for hydroxylation is 1. The number of rotatable bonds is 11. The van der Waals surface area contributed by atoms with Crippen molar-refractivity contribution in [1.29, 1.82) is 0 Å². The van der Waals surface area contributed by atoms with Crippen LogP contribution in [0.15, 0.2) is 58.4 Å². The molecular formula is C27H29BrN2O5S. The van der Waals surface area contributed by atoms with Crippen LogP contribution in [0.2, 0.25) is 0 Å². The largest absolute Gasteiger partial charge is 0.454 e. The summed E-state index contributed by atoms with van der Waals surface area (Å²) in [6, 6.07) is 15.0. The standard InChI is InChI=1S/C27H29BrN2O5S/c1-19-9-12-36-25(19)16-30(15-20-7-8-23-24(13-20)35-18-34-23)26(31)17-29(10-4-11-33-2)27(32)21-5-3-6-22(28)14-21/h3,5-9,12-14H,4,10-11,15-18H2,1-2H3. The number of nitrogens with zero attached hydrogens (tertiary/aromatic N) is 2. The zero-order valence-electron chi connectivity index (χ0n) is 20.4. The number of carbonyl (C=O) groups excluding carboxylic acids is 2. The third kappa shape index (κ3) is 6.66. The third-order valence-corrected chi connectivity index (χ3v) is 7.43. The molecule has 190 valence electrons. The van der Waals surface area contributed by atoms with E-state index in [1.165, 1.54) is 0 Å². The number of hydrogen-bond donors (Lipinski definition) is 0. The Hall–Kier alpha value is -2.88. The van der Waals surface area contributed by atoms with Crippen LogP contribution in [0.1, 0.15) is 32.8 Å². The summed E-state index contributed by atoms with van der Waals surface area (Å²) < 4.78 is 16.9. The minimum absolute atomic E-state index is 0.0238. The molecule has 0 bridgehead atoms. The Morgan fingerprint density at radius 1 is 1.06 bits per heavy atom. The van der Waals surface area contributed by atoms with Crippen molar-refractivity contribution >= 4 is 39.1 Å². The lowest BCUT2D eigenvalue weighted by Gasteiger charge is -2.28. The highest BCUT2D eigenvalue weighted by molar-refractivity contribution is 9.10. The highest BCUT2D eigenvalue weighted by Crippen LogP contribution is 2.33. The predicted octanol–water partition coefficient (Wildman–Crippen LogP) is 5.26. The molecule has 1 aliphatic rings. The Balaban J connectivity index is 1.55. The Morgan fingerprint density at radius 3 is 2.64 bits per heavy atom. The van der Waals surface area contributed by atoms with Gasteiger partial charge in [-0.3, -0.25) is 9.59 Å². The molecule has 9 heteroatoms. The predicted molar refractivity (Wildman–Crippen MR) is 142 cm³/mol. The van der Waals surface area contributed by atoms with Crippen molar-refractivity contribution in [3.05, 3.63) is 80.0 Å². The summed E-state index contributed by atoms with van der Waals surface area (Å²) >= 11 is 5.06. The van der Waals surface area contributed by atoms with Gasteiger partial charge in [-0.1, -0.05) is 28.1 Å². The Morgan fingerprint density at radius 2 is 1.89 bits per heavy atom. The molecule has 0 fully saturated rings. The van der Waals surface area contributed by atoms with Crippen molar-refractivity contribution in [2.75, 3.05) is 33.6 Å². The van der Waals surface area contributed by atoms with Crippen molar-refractivity contribution in [2.24, 2.45) is 0 Å². The molecule has 3 aromatic rings. The maximum Gasteiger partial charge on any atom is 0.254 e. The average Bonchev–Trinajstić information content (AvgIpc) is 3.51. The molecule has 4 rings (SSSR count). The first-order valence-electron chi connectivity index (χ1n) is 11.7.